The van der Waals surface area contributed by atoms with Gasteiger partial charge in [-0.05, 0) is 68.6 Å². The Bertz CT molecular complexity index is 653. The minimum atomic E-state index is -0.131. The van der Waals surface area contributed by atoms with Crippen molar-refractivity contribution in [3.8, 4) is 5.75 Å². The SMILES string of the molecule is Cc1cc(Br)c(NC(=O)CSc2ccccc2O)c(Br)c1. The van der Waals surface area contributed by atoms with Crippen LogP contribution in [-0.4, -0.2) is 16.8 Å². The highest BCUT2D eigenvalue weighted by Gasteiger charge is 2.11. The van der Waals surface area contributed by atoms with E-state index in [-0.39, 0.29) is 17.4 Å². The first-order valence-electron chi connectivity index (χ1n) is 6.13. The Morgan fingerprint density at radius 2 is 1.86 bits per heavy atom. The number of anilines is 1. The first-order valence-corrected chi connectivity index (χ1v) is 8.71. The molecular weight excluding hydrogens is 418 g/mol. The second kappa shape index (κ2) is 7.33. The summed E-state index contributed by atoms with van der Waals surface area (Å²) >= 11 is 8.18. The minimum absolute atomic E-state index is 0.131. The number of carbonyl (C=O) groups is 1. The summed E-state index contributed by atoms with van der Waals surface area (Å²) in [6.07, 6.45) is 0. The quantitative estimate of drug-likeness (QED) is 0.674. The molecule has 2 aromatic rings. The molecule has 3 nitrogen and oxygen atoms in total. The van der Waals surface area contributed by atoms with Gasteiger partial charge >= 0.3 is 0 Å². The highest BCUT2D eigenvalue weighted by atomic mass is 79.9. The van der Waals surface area contributed by atoms with Crippen LogP contribution in [0.2, 0.25) is 0 Å². The van der Waals surface area contributed by atoms with Crippen LogP contribution in [0.5, 0.6) is 5.75 Å². The number of carbonyl (C=O) groups excluding carboxylic acids is 1. The smallest absolute Gasteiger partial charge is 0.234 e. The molecule has 21 heavy (non-hydrogen) atoms. The molecule has 0 aromatic heterocycles. The molecule has 2 rings (SSSR count). The van der Waals surface area contributed by atoms with Gasteiger partial charge in [0, 0.05) is 13.8 Å². The normalized spacial score (nSPS) is 10.4. The first-order chi connectivity index (χ1) is 9.97. The van der Waals surface area contributed by atoms with Crippen molar-refractivity contribution in [2.24, 2.45) is 0 Å². The highest BCUT2D eigenvalue weighted by Crippen LogP contribution is 2.33. The summed E-state index contributed by atoms with van der Waals surface area (Å²) in [5.41, 5.74) is 1.80. The van der Waals surface area contributed by atoms with Crippen LogP contribution in [0.4, 0.5) is 5.69 Å². The summed E-state index contributed by atoms with van der Waals surface area (Å²) < 4.78 is 1.66. The Morgan fingerprint density at radius 3 is 2.48 bits per heavy atom. The average Bonchev–Trinajstić information content (AvgIpc) is 2.42. The molecule has 0 bridgehead atoms. The predicted octanol–water partition coefficient (Wildman–Crippen LogP) is 4.96. The standard InChI is InChI=1S/C15H13Br2NO2S/c1-9-6-10(16)15(11(17)7-9)18-14(20)8-21-13-5-3-2-4-12(13)19/h2-7,19H,8H2,1H3,(H,18,20). The third kappa shape index (κ3) is 4.49. The van der Waals surface area contributed by atoms with Crippen LogP contribution >= 0.6 is 43.6 Å². The summed E-state index contributed by atoms with van der Waals surface area (Å²) in [5, 5.41) is 12.5. The number of halogens is 2. The average molecular weight is 431 g/mol. The van der Waals surface area contributed by atoms with E-state index < -0.39 is 0 Å². The second-order valence-electron chi connectivity index (χ2n) is 4.41. The number of phenols is 1. The highest BCUT2D eigenvalue weighted by molar-refractivity contribution is 9.11. The molecule has 0 fully saturated rings. The van der Waals surface area contributed by atoms with Crippen molar-refractivity contribution in [2.45, 2.75) is 11.8 Å². The zero-order valence-corrected chi connectivity index (χ0v) is 15.2. The molecule has 0 radical (unpaired) electrons. The lowest BCUT2D eigenvalue weighted by molar-refractivity contribution is -0.113. The molecule has 0 aliphatic heterocycles. The molecule has 0 aliphatic carbocycles. The van der Waals surface area contributed by atoms with Gasteiger partial charge in [-0.2, -0.15) is 0 Å². The maximum Gasteiger partial charge on any atom is 0.234 e. The van der Waals surface area contributed by atoms with Crippen LogP contribution in [0.25, 0.3) is 0 Å². The van der Waals surface area contributed by atoms with Crippen molar-refractivity contribution >= 4 is 55.2 Å². The van der Waals surface area contributed by atoms with Gasteiger partial charge in [-0.15, -0.1) is 11.8 Å². The molecule has 0 heterocycles. The van der Waals surface area contributed by atoms with Gasteiger partial charge in [-0.1, -0.05) is 12.1 Å². The van der Waals surface area contributed by atoms with E-state index in [2.05, 4.69) is 37.2 Å². The molecule has 0 spiro atoms. The molecular formula is C15H13Br2NO2S. The van der Waals surface area contributed by atoms with E-state index in [1.54, 1.807) is 18.2 Å². The maximum atomic E-state index is 12.0. The third-order valence-corrected chi connectivity index (χ3v) is 4.99. The Hall–Kier alpha value is -0.980. The van der Waals surface area contributed by atoms with E-state index in [0.717, 1.165) is 14.5 Å². The minimum Gasteiger partial charge on any atom is -0.507 e. The van der Waals surface area contributed by atoms with Crippen molar-refractivity contribution in [2.75, 3.05) is 11.1 Å². The van der Waals surface area contributed by atoms with Gasteiger partial charge < -0.3 is 10.4 Å². The van der Waals surface area contributed by atoms with Crippen LogP contribution in [0.1, 0.15) is 5.56 Å². The fourth-order valence-electron chi connectivity index (χ4n) is 1.72. The van der Waals surface area contributed by atoms with E-state index in [4.69, 9.17) is 0 Å². The largest absolute Gasteiger partial charge is 0.507 e. The number of para-hydroxylation sites is 1. The van der Waals surface area contributed by atoms with Gasteiger partial charge in [0.25, 0.3) is 0 Å². The second-order valence-corrected chi connectivity index (χ2v) is 7.13. The molecule has 0 atom stereocenters. The predicted molar refractivity (Wildman–Crippen MR) is 94.0 cm³/mol. The summed E-state index contributed by atoms with van der Waals surface area (Å²) in [4.78, 5) is 12.7. The molecule has 0 saturated carbocycles. The molecule has 0 saturated heterocycles. The summed E-state index contributed by atoms with van der Waals surface area (Å²) in [5.74, 6) is 0.283. The number of nitrogens with one attached hydrogen (secondary N) is 1. The van der Waals surface area contributed by atoms with Crippen LogP contribution in [-0.2, 0) is 4.79 Å². The zero-order chi connectivity index (χ0) is 15.4. The summed E-state index contributed by atoms with van der Waals surface area (Å²) in [6.45, 7) is 1.98. The fraction of sp³-hybridized carbons (Fsp3) is 0.133. The molecule has 110 valence electrons. The lowest BCUT2D eigenvalue weighted by atomic mass is 10.2. The van der Waals surface area contributed by atoms with Gasteiger partial charge in [-0.3, -0.25) is 4.79 Å². The van der Waals surface area contributed by atoms with E-state index in [1.807, 2.05) is 25.1 Å². The number of benzene rings is 2. The number of aryl methyl sites for hydroxylation is 1. The summed E-state index contributed by atoms with van der Waals surface area (Å²) in [6, 6.07) is 10.8. The topological polar surface area (TPSA) is 49.3 Å². The molecule has 1 amide bonds. The Kier molecular flexibility index (Phi) is 5.72. The van der Waals surface area contributed by atoms with Gasteiger partial charge in [0.05, 0.1) is 11.4 Å². The Balaban J connectivity index is 2.01. The molecule has 2 N–H and O–H groups in total. The van der Waals surface area contributed by atoms with Crippen LogP contribution in [0.3, 0.4) is 0 Å². The number of rotatable bonds is 4. The number of phenolic OH excluding ortho intramolecular Hbond substituents is 1. The Labute approximate surface area is 144 Å². The Morgan fingerprint density at radius 1 is 1.24 bits per heavy atom. The lowest BCUT2D eigenvalue weighted by Gasteiger charge is -2.11. The lowest BCUT2D eigenvalue weighted by Crippen LogP contribution is -2.14. The van der Waals surface area contributed by atoms with E-state index in [0.29, 0.717) is 10.6 Å². The molecule has 0 unspecified atom stereocenters. The van der Waals surface area contributed by atoms with Gasteiger partial charge in [0.2, 0.25) is 5.91 Å². The number of thioether (sulfide) groups is 1. The van der Waals surface area contributed by atoms with Crippen molar-refractivity contribution < 1.29 is 9.90 Å². The number of hydrogen-bond acceptors (Lipinski definition) is 3. The van der Waals surface area contributed by atoms with Crippen molar-refractivity contribution in [1.82, 2.24) is 0 Å². The maximum absolute atomic E-state index is 12.0. The van der Waals surface area contributed by atoms with Crippen LogP contribution in [0.15, 0.2) is 50.2 Å². The van der Waals surface area contributed by atoms with E-state index in [1.165, 1.54) is 11.8 Å². The van der Waals surface area contributed by atoms with Crippen molar-refractivity contribution in [3.05, 3.63) is 50.9 Å². The number of amides is 1. The first kappa shape index (κ1) is 16.4. The van der Waals surface area contributed by atoms with Gasteiger partial charge in [0.15, 0.2) is 0 Å². The van der Waals surface area contributed by atoms with Crippen LogP contribution in [0, 0.1) is 6.92 Å². The molecule has 0 aliphatic rings. The van der Waals surface area contributed by atoms with E-state index >= 15 is 0 Å². The van der Waals surface area contributed by atoms with Crippen LogP contribution < -0.4 is 5.32 Å². The molecule has 2 aromatic carbocycles. The van der Waals surface area contributed by atoms with Gasteiger partial charge in [0.1, 0.15) is 5.75 Å². The van der Waals surface area contributed by atoms with E-state index in [9.17, 15) is 9.90 Å². The fourth-order valence-corrected chi connectivity index (χ4v) is 4.08. The van der Waals surface area contributed by atoms with Crippen molar-refractivity contribution in [3.63, 3.8) is 0 Å². The van der Waals surface area contributed by atoms with Crippen molar-refractivity contribution in [1.29, 1.82) is 0 Å². The number of hydrogen-bond donors (Lipinski definition) is 2. The molecule has 6 heteroatoms. The summed E-state index contributed by atoms with van der Waals surface area (Å²) in [7, 11) is 0. The third-order valence-electron chi connectivity index (χ3n) is 2.67. The number of aromatic hydroxyl groups is 1. The van der Waals surface area contributed by atoms with Gasteiger partial charge in [-0.25, -0.2) is 0 Å². The monoisotopic (exact) mass is 429 g/mol. The zero-order valence-electron chi connectivity index (χ0n) is 11.2.